The highest BCUT2D eigenvalue weighted by atomic mass is 16.1. The number of amides is 1. The smallest absolute Gasteiger partial charge is 0.258 e. The van der Waals surface area contributed by atoms with E-state index in [1.165, 1.54) is 0 Å². The Bertz CT molecular complexity index is 905. The first-order valence-corrected chi connectivity index (χ1v) is 7.49. The molecule has 3 rings (SSSR count). The summed E-state index contributed by atoms with van der Waals surface area (Å²) in [4.78, 5) is 16.9. The van der Waals surface area contributed by atoms with Crippen LogP contribution in [0.25, 0.3) is 11.0 Å². The molecule has 5 nitrogen and oxygen atoms in total. The molecule has 0 aliphatic carbocycles. The maximum Gasteiger partial charge on any atom is 0.258 e. The SMILES string of the molecule is CCCn1c(NC(=O)c2cccc(C#N)c2)nc2ccccc21. The van der Waals surface area contributed by atoms with Crippen LogP contribution in [-0.2, 0) is 6.54 Å². The summed E-state index contributed by atoms with van der Waals surface area (Å²) in [6, 6.07) is 16.5. The highest BCUT2D eigenvalue weighted by Crippen LogP contribution is 2.20. The van der Waals surface area contributed by atoms with E-state index in [0.29, 0.717) is 17.1 Å². The third-order valence-corrected chi connectivity index (χ3v) is 3.58. The molecule has 3 aromatic rings. The number of fused-ring (bicyclic) bond motifs is 1. The molecule has 0 bridgehead atoms. The van der Waals surface area contributed by atoms with Gasteiger partial charge in [0.05, 0.1) is 22.7 Å². The highest BCUT2D eigenvalue weighted by Gasteiger charge is 2.14. The Kier molecular flexibility index (Phi) is 4.07. The molecule has 0 atom stereocenters. The summed E-state index contributed by atoms with van der Waals surface area (Å²) in [5, 5.41) is 11.8. The molecule has 0 saturated carbocycles. The van der Waals surface area contributed by atoms with E-state index in [-0.39, 0.29) is 5.91 Å². The molecule has 0 saturated heterocycles. The molecule has 0 radical (unpaired) electrons. The van der Waals surface area contributed by atoms with E-state index in [2.05, 4.69) is 17.2 Å². The molecular weight excluding hydrogens is 288 g/mol. The van der Waals surface area contributed by atoms with E-state index in [4.69, 9.17) is 5.26 Å². The number of anilines is 1. The Labute approximate surface area is 134 Å². The number of nitriles is 1. The van der Waals surface area contributed by atoms with E-state index < -0.39 is 0 Å². The summed E-state index contributed by atoms with van der Waals surface area (Å²) in [6.07, 6.45) is 0.938. The minimum Gasteiger partial charge on any atom is -0.310 e. The third-order valence-electron chi connectivity index (χ3n) is 3.58. The van der Waals surface area contributed by atoms with Crippen LogP contribution in [0.2, 0.25) is 0 Å². The van der Waals surface area contributed by atoms with Crippen LogP contribution in [0.3, 0.4) is 0 Å². The van der Waals surface area contributed by atoms with Gasteiger partial charge in [-0.05, 0) is 36.8 Å². The van der Waals surface area contributed by atoms with Crippen LogP contribution < -0.4 is 5.32 Å². The zero-order chi connectivity index (χ0) is 16.2. The summed E-state index contributed by atoms with van der Waals surface area (Å²) in [6.45, 7) is 2.85. The van der Waals surface area contributed by atoms with Crippen LogP contribution in [0.5, 0.6) is 0 Å². The Hall–Kier alpha value is -3.13. The number of rotatable bonds is 4. The van der Waals surface area contributed by atoms with Crippen molar-refractivity contribution in [3.8, 4) is 6.07 Å². The van der Waals surface area contributed by atoms with Crippen molar-refractivity contribution in [2.75, 3.05) is 5.32 Å². The van der Waals surface area contributed by atoms with Gasteiger partial charge in [-0.2, -0.15) is 5.26 Å². The number of aromatic nitrogens is 2. The maximum absolute atomic E-state index is 12.4. The zero-order valence-electron chi connectivity index (χ0n) is 12.8. The van der Waals surface area contributed by atoms with Crippen molar-refractivity contribution in [1.82, 2.24) is 9.55 Å². The number of aryl methyl sites for hydroxylation is 1. The number of nitrogens with one attached hydrogen (secondary N) is 1. The standard InChI is InChI=1S/C18H16N4O/c1-2-10-22-16-9-4-3-8-15(16)20-18(22)21-17(23)14-7-5-6-13(11-14)12-19/h3-9,11H,2,10H2,1H3,(H,20,21,23). The van der Waals surface area contributed by atoms with Crippen LogP contribution in [-0.4, -0.2) is 15.5 Å². The molecule has 114 valence electrons. The molecule has 1 heterocycles. The molecule has 0 aliphatic rings. The largest absolute Gasteiger partial charge is 0.310 e. The first-order valence-electron chi connectivity index (χ1n) is 7.49. The van der Waals surface area contributed by atoms with Crippen molar-refractivity contribution >= 4 is 22.9 Å². The van der Waals surface area contributed by atoms with Crippen molar-refractivity contribution in [2.24, 2.45) is 0 Å². The van der Waals surface area contributed by atoms with Gasteiger partial charge < -0.3 is 4.57 Å². The molecule has 0 aliphatic heterocycles. The molecule has 5 heteroatoms. The lowest BCUT2D eigenvalue weighted by atomic mass is 10.1. The first-order chi connectivity index (χ1) is 11.2. The van der Waals surface area contributed by atoms with E-state index in [0.717, 1.165) is 24.0 Å². The van der Waals surface area contributed by atoms with E-state index >= 15 is 0 Å². The van der Waals surface area contributed by atoms with Crippen molar-refractivity contribution < 1.29 is 4.79 Å². The summed E-state index contributed by atoms with van der Waals surface area (Å²) < 4.78 is 2.00. The van der Waals surface area contributed by atoms with Crippen molar-refractivity contribution in [1.29, 1.82) is 5.26 Å². The summed E-state index contributed by atoms with van der Waals surface area (Å²) in [5.41, 5.74) is 2.75. The number of benzene rings is 2. The zero-order valence-corrected chi connectivity index (χ0v) is 12.8. The van der Waals surface area contributed by atoms with Gasteiger partial charge in [-0.25, -0.2) is 4.98 Å². The van der Waals surface area contributed by atoms with Crippen molar-refractivity contribution in [3.05, 3.63) is 59.7 Å². The fraction of sp³-hybridized carbons (Fsp3) is 0.167. The Morgan fingerprint density at radius 1 is 1.26 bits per heavy atom. The van der Waals surface area contributed by atoms with Crippen LogP contribution in [0.1, 0.15) is 29.3 Å². The van der Waals surface area contributed by atoms with Gasteiger partial charge in [0.2, 0.25) is 5.95 Å². The van der Waals surface area contributed by atoms with Crippen molar-refractivity contribution in [3.63, 3.8) is 0 Å². The molecule has 0 unspecified atom stereocenters. The van der Waals surface area contributed by atoms with Gasteiger partial charge in [0.15, 0.2) is 0 Å². The van der Waals surface area contributed by atoms with Crippen LogP contribution >= 0.6 is 0 Å². The summed E-state index contributed by atoms with van der Waals surface area (Å²) >= 11 is 0. The number of para-hydroxylation sites is 2. The molecule has 1 N–H and O–H groups in total. The van der Waals surface area contributed by atoms with E-state index in [1.54, 1.807) is 24.3 Å². The average Bonchev–Trinajstić information content (AvgIpc) is 2.93. The fourth-order valence-corrected chi connectivity index (χ4v) is 2.52. The Morgan fingerprint density at radius 2 is 2.09 bits per heavy atom. The molecule has 0 spiro atoms. The lowest BCUT2D eigenvalue weighted by molar-refractivity contribution is 0.102. The van der Waals surface area contributed by atoms with E-state index in [9.17, 15) is 4.79 Å². The Balaban J connectivity index is 1.95. The fourth-order valence-electron chi connectivity index (χ4n) is 2.52. The second-order valence-corrected chi connectivity index (χ2v) is 5.22. The number of hydrogen-bond acceptors (Lipinski definition) is 3. The Morgan fingerprint density at radius 3 is 2.87 bits per heavy atom. The third kappa shape index (κ3) is 2.92. The van der Waals surface area contributed by atoms with Gasteiger partial charge in [-0.3, -0.25) is 10.1 Å². The number of carbonyl (C=O) groups is 1. The van der Waals surface area contributed by atoms with Gasteiger partial charge in [-0.15, -0.1) is 0 Å². The minimum atomic E-state index is -0.269. The average molecular weight is 304 g/mol. The molecule has 23 heavy (non-hydrogen) atoms. The predicted octanol–water partition coefficient (Wildman–Crippen LogP) is 3.57. The van der Waals surface area contributed by atoms with Crippen LogP contribution in [0, 0.1) is 11.3 Å². The van der Waals surface area contributed by atoms with Gasteiger partial charge in [-0.1, -0.05) is 25.1 Å². The van der Waals surface area contributed by atoms with Crippen LogP contribution in [0.15, 0.2) is 48.5 Å². The molecule has 1 aromatic heterocycles. The second kappa shape index (κ2) is 6.32. The predicted molar refractivity (Wildman–Crippen MR) is 89.1 cm³/mol. The number of imidazole rings is 1. The molecule has 0 fully saturated rings. The number of carbonyl (C=O) groups excluding carboxylic acids is 1. The van der Waals surface area contributed by atoms with E-state index in [1.807, 2.05) is 34.9 Å². The maximum atomic E-state index is 12.4. The van der Waals surface area contributed by atoms with Gasteiger partial charge in [0, 0.05) is 12.1 Å². The second-order valence-electron chi connectivity index (χ2n) is 5.22. The quantitative estimate of drug-likeness (QED) is 0.801. The summed E-state index contributed by atoms with van der Waals surface area (Å²) in [5.74, 6) is 0.259. The summed E-state index contributed by atoms with van der Waals surface area (Å²) in [7, 11) is 0. The van der Waals surface area contributed by atoms with Crippen molar-refractivity contribution in [2.45, 2.75) is 19.9 Å². The topological polar surface area (TPSA) is 70.7 Å². The molecular formula is C18H16N4O. The monoisotopic (exact) mass is 304 g/mol. The van der Waals surface area contributed by atoms with Gasteiger partial charge in [0.25, 0.3) is 5.91 Å². The number of hydrogen-bond donors (Lipinski definition) is 1. The lowest BCUT2D eigenvalue weighted by Gasteiger charge is -2.09. The van der Waals surface area contributed by atoms with Gasteiger partial charge >= 0.3 is 0 Å². The minimum absolute atomic E-state index is 0.269. The first kappa shape index (κ1) is 14.8. The highest BCUT2D eigenvalue weighted by molar-refractivity contribution is 6.04. The van der Waals surface area contributed by atoms with Gasteiger partial charge in [0.1, 0.15) is 0 Å². The number of nitrogens with zero attached hydrogens (tertiary/aromatic N) is 3. The van der Waals surface area contributed by atoms with Crippen LogP contribution in [0.4, 0.5) is 5.95 Å². The normalized spacial score (nSPS) is 10.4. The lowest BCUT2D eigenvalue weighted by Crippen LogP contribution is -2.16. The molecule has 2 aromatic carbocycles. The molecule has 1 amide bonds.